The van der Waals surface area contributed by atoms with E-state index in [1.807, 2.05) is 0 Å². The van der Waals surface area contributed by atoms with Crippen LogP contribution < -0.4 is 0 Å². The Labute approximate surface area is 262 Å². The molecule has 0 aromatic heterocycles. The summed E-state index contributed by atoms with van der Waals surface area (Å²) < 4.78 is 0. The van der Waals surface area contributed by atoms with E-state index in [4.69, 9.17) is 0 Å². The van der Waals surface area contributed by atoms with Crippen LogP contribution in [0.1, 0.15) is 158 Å². The zero-order valence-corrected chi connectivity index (χ0v) is 29.7. The van der Waals surface area contributed by atoms with E-state index in [-0.39, 0.29) is 70.2 Å². The second-order valence-electron chi connectivity index (χ2n) is 17.1. The molecule has 0 bridgehead atoms. The van der Waals surface area contributed by atoms with E-state index in [2.05, 4.69) is 161 Å². The second-order valence-corrected chi connectivity index (χ2v) is 17.1. The van der Waals surface area contributed by atoms with Gasteiger partial charge in [-0.15, -0.1) is 0 Å². The molecule has 2 rings (SSSR count). The topological polar surface area (TPSA) is 0 Å². The normalized spacial score (nSPS) is 13.5. The molecule has 0 aliphatic rings. The van der Waals surface area contributed by atoms with Gasteiger partial charge in [-0.05, 0) is 65.9 Å². The summed E-state index contributed by atoms with van der Waals surface area (Å²) in [6, 6.07) is 14.3. The van der Waals surface area contributed by atoms with Gasteiger partial charge >= 0.3 is 0 Å². The minimum absolute atomic E-state index is 0. The van der Waals surface area contributed by atoms with Crippen LogP contribution >= 0.6 is 0 Å². The molecule has 1 radical (unpaired) electrons. The Hall–Kier alpha value is -0.300. The molecule has 2 aromatic rings. The van der Waals surface area contributed by atoms with Crippen molar-refractivity contribution in [2.45, 2.75) is 157 Å². The average Bonchev–Trinajstić information content (AvgIpc) is 2.63. The first-order valence-corrected chi connectivity index (χ1v) is 14.0. The number of benzene rings is 2. The van der Waals surface area contributed by atoms with Gasteiger partial charge in [-0.25, -0.2) is 0 Å². The van der Waals surface area contributed by atoms with E-state index >= 15 is 0 Å². The maximum atomic E-state index is 2.38. The Bertz CT molecular complexity index is 768. The molecule has 0 nitrogen and oxygen atoms in total. The maximum absolute atomic E-state index is 2.38. The summed E-state index contributed by atoms with van der Waals surface area (Å²) in [5.41, 5.74) is 9.92. The predicted molar refractivity (Wildman–Crippen MR) is 165 cm³/mol. The molecule has 0 saturated heterocycles. The van der Waals surface area contributed by atoms with Crippen LogP contribution in [0.5, 0.6) is 0 Å². The maximum Gasteiger partial charge on any atom is 0 e. The third-order valence-corrected chi connectivity index (χ3v) is 7.06. The predicted octanol–water partition coefficient (Wildman–Crippen LogP) is 11.2. The van der Waals surface area contributed by atoms with Gasteiger partial charge in [-0.2, -0.15) is 0 Å². The van der Waals surface area contributed by atoms with Gasteiger partial charge in [0.1, 0.15) is 0 Å². The third kappa shape index (κ3) is 11.4. The summed E-state index contributed by atoms with van der Waals surface area (Å²) >= 11 is 0. The molecule has 0 fully saturated rings. The molecule has 0 unspecified atom stereocenters. The van der Waals surface area contributed by atoms with Crippen LogP contribution in [0.25, 0.3) is 0 Å². The Morgan fingerprint density at radius 1 is 0.243 bits per heavy atom. The standard InChI is InChI=1S/2C18H30.Ho/c2*1-16(2,3)13-10-14(17(4,5)6)12-15(11-13)18(7,8)9;/h2*10-12H,1-9H3;. The molecule has 215 valence electrons. The van der Waals surface area contributed by atoms with Crippen molar-refractivity contribution >= 4 is 0 Å². The minimum Gasteiger partial charge on any atom is -0.0561 e. The molecule has 2 aromatic carbocycles. The molecular weight excluding hydrogens is 597 g/mol. The van der Waals surface area contributed by atoms with Crippen LogP contribution in [0.3, 0.4) is 0 Å². The van der Waals surface area contributed by atoms with Crippen molar-refractivity contribution in [1.29, 1.82) is 0 Å². The van der Waals surface area contributed by atoms with Crippen LogP contribution in [-0.2, 0) is 32.5 Å². The summed E-state index contributed by atoms with van der Waals surface area (Å²) in [5.74, 6) is 0. The Morgan fingerprint density at radius 3 is 0.378 bits per heavy atom. The monoisotopic (exact) mass is 657 g/mol. The molecule has 0 aliphatic carbocycles. The van der Waals surface area contributed by atoms with E-state index in [9.17, 15) is 0 Å². The van der Waals surface area contributed by atoms with Crippen LogP contribution in [0, 0.1) is 37.7 Å². The molecule has 0 saturated carbocycles. The Balaban J connectivity index is 0.000000682. The van der Waals surface area contributed by atoms with Crippen molar-refractivity contribution in [3.05, 3.63) is 69.8 Å². The first-order chi connectivity index (χ1) is 15.6. The van der Waals surface area contributed by atoms with E-state index < -0.39 is 0 Å². The van der Waals surface area contributed by atoms with Gasteiger partial charge in [0.2, 0.25) is 0 Å². The fourth-order valence-electron chi connectivity index (χ4n) is 3.85. The first-order valence-electron chi connectivity index (χ1n) is 14.0. The van der Waals surface area contributed by atoms with E-state index in [0.717, 1.165) is 0 Å². The van der Waals surface area contributed by atoms with Crippen molar-refractivity contribution in [3.8, 4) is 0 Å². The molecule has 0 aliphatic heterocycles. The average molecular weight is 658 g/mol. The van der Waals surface area contributed by atoms with Gasteiger partial charge in [-0.3, -0.25) is 0 Å². The van der Waals surface area contributed by atoms with Crippen molar-refractivity contribution in [3.63, 3.8) is 0 Å². The van der Waals surface area contributed by atoms with Crippen LogP contribution in [0.4, 0.5) is 0 Å². The SMILES string of the molecule is CC(C)(C)c1cc(C(C)(C)C)cc(C(C)(C)C)c1.CC(C)(C)c1cc(C(C)(C)C)cc(C(C)(C)C)c1.[Ho]. The second kappa shape index (κ2) is 12.1. The van der Waals surface area contributed by atoms with Gasteiger partial charge < -0.3 is 0 Å². The van der Waals surface area contributed by atoms with Gasteiger partial charge in [0, 0.05) is 37.7 Å². The van der Waals surface area contributed by atoms with Crippen molar-refractivity contribution in [1.82, 2.24) is 0 Å². The number of hydrogen-bond acceptors (Lipinski definition) is 0. The minimum atomic E-state index is 0. The van der Waals surface area contributed by atoms with Crippen LogP contribution in [0.15, 0.2) is 36.4 Å². The molecule has 0 N–H and O–H groups in total. The fraction of sp³-hybridized carbons (Fsp3) is 0.667. The van der Waals surface area contributed by atoms with Gasteiger partial charge in [-0.1, -0.05) is 161 Å². The summed E-state index contributed by atoms with van der Waals surface area (Å²) in [6.07, 6.45) is 0. The van der Waals surface area contributed by atoms with E-state index in [1.54, 1.807) is 0 Å². The summed E-state index contributed by atoms with van der Waals surface area (Å²) in [4.78, 5) is 0. The Morgan fingerprint density at radius 2 is 0.324 bits per heavy atom. The molecule has 0 heterocycles. The zero-order chi connectivity index (χ0) is 28.7. The summed E-state index contributed by atoms with van der Waals surface area (Å²) in [7, 11) is 0. The van der Waals surface area contributed by atoms with E-state index in [0.29, 0.717) is 0 Å². The van der Waals surface area contributed by atoms with Gasteiger partial charge in [0.15, 0.2) is 0 Å². The number of hydrogen-bond donors (Lipinski definition) is 0. The first kappa shape index (κ1) is 36.7. The summed E-state index contributed by atoms with van der Waals surface area (Å²) in [5, 5.41) is 0. The Kier molecular flexibility index (Phi) is 12.0. The molecule has 0 amide bonds. The van der Waals surface area contributed by atoms with Crippen molar-refractivity contribution in [2.24, 2.45) is 0 Å². The summed E-state index contributed by atoms with van der Waals surface area (Å²) in [6.45, 7) is 41.3. The molecule has 1 heteroatoms. The van der Waals surface area contributed by atoms with Gasteiger partial charge in [0.05, 0.1) is 0 Å². The van der Waals surface area contributed by atoms with Crippen molar-refractivity contribution in [2.75, 3.05) is 0 Å². The molecule has 0 spiro atoms. The quantitative estimate of drug-likeness (QED) is 0.247. The zero-order valence-electron chi connectivity index (χ0n) is 27.8. The van der Waals surface area contributed by atoms with Gasteiger partial charge in [0.25, 0.3) is 0 Å². The van der Waals surface area contributed by atoms with Crippen LogP contribution in [0.2, 0.25) is 0 Å². The molecular formula is C36H60Ho. The number of rotatable bonds is 0. The van der Waals surface area contributed by atoms with Crippen molar-refractivity contribution < 1.29 is 37.7 Å². The third-order valence-electron chi connectivity index (χ3n) is 7.06. The largest absolute Gasteiger partial charge is 0.0561 e. The van der Waals surface area contributed by atoms with Crippen LogP contribution in [-0.4, -0.2) is 0 Å². The van der Waals surface area contributed by atoms with E-state index in [1.165, 1.54) is 33.4 Å². The smallest absolute Gasteiger partial charge is 0 e. The fourth-order valence-corrected chi connectivity index (χ4v) is 3.85. The molecule has 0 atom stereocenters. The molecule has 37 heavy (non-hydrogen) atoms.